The maximum atomic E-state index is 6.56. The zero-order valence-electron chi connectivity index (χ0n) is 16.9. The quantitative estimate of drug-likeness (QED) is 0.745. The highest BCUT2D eigenvalue weighted by Gasteiger charge is 2.35. The van der Waals surface area contributed by atoms with E-state index in [1.54, 1.807) is 6.33 Å². The highest BCUT2D eigenvalue weighted by atomic mass is 16.5. The lowest BCUT2D eigenvalue weighted by Gasteiger charge is -2.26. The second-order valence-electron chi connectivity index (χ2n) is 8.56. The Morgan fingerprint density at radius 1 is 1.14 bits per heavy atom. The lowest BCUT2D eigenvalue weighted by Crippen LogP contribution is -2.33. The minimum absolute atomic E-state index is 0.242. The van der Waals surface area contributed by atoms with Crippen molar-refractivity contribution in [1.82, 2.24) is 19.9 Å². The molecule has 1 saturated carbocycles. The molecule has 5 rings (SSSR count). The Hall–Kier alpha value is -2.40. The Morgan fingerprint density at radius 2 is 2.04 bits per heavy atom. The van der Waals surface area contributed by atoms with Gasteiger partial charge in [0.15, 0.2) is 0 Å². The van der Waals surface area contributed by atoms with E-state index in [0.717, 1.165) is 48.3 Å². The molecule has 4 atom stereocenters. The zero-order chi connectivity index (χ0) is 19.3. The SMILES string of the molecule is Cc1ncnc2c1ccn2C1CC(Oc2cccc3c2CN[C@@H](C)C3)C[C@H]1C. The number of rotatable bonds is 3. The van der Waals surface area contributed by atoms with Crippen LogP contribution in [-0.2, 0) is 13.0 Å². The number of fused-ring (bicyclic) bond motifs is 2. The molecule has 2 aromatic heterocycles. The predicted octanol–water partition coefficient (Wildman–Crippen LogP) is 4.19. The van der Waals surface area contributed by atoms with Crippen molar-refractivity contribution in [3.8, 4) is 5.75 Å². The molecule has 2 aliphatic rings. The van der Waals surface area contributed by atoms with Gasteiger partial charge in [-0.25, -0.2) is 9.97 Å². The first-order valence-electron chi connectivity index (χ1n) is 10.4. The van der Waals surface area contributed by atoms with Crippen LogP contribution < -0.4 is 10.1 Å². The van der Waals surface area contributed by atoms with Gasteiger partial charge in [-0.05, 0) is 50.3 Å². The summed E-state index contributed by atoms with van der Waals surface area (Å²) in [5, 5.41) is 4.72. The van der Waals surface area contributed by atoms with E-state index in [1.165, 1.54) is 11.1 Å². The van der Waals surface area contributed by atoms with Crippen molar-refractivity contribution in [3.05, 3.63) is 53.6 Å². The Kier molecular flexibility index (Phi) is 4.35. The summed E-state index contributed by atoms with van der Waals surface area (Å²) in [6.45, 7) is 7.52. The van der Waals surface area contributed by atoms with Gasteiger partial charge in [0.1, 0.15) is 23.8 Å². The second-order valence-corrected chi connectivity index (χ2v) is 8.56. The summed E-state index contributed by atoms with van der Waals surface area (Å²) in [4.78, 5) is 8.89. The Labute approximate surface area is 166 Å². The number of aromatic nitrogens is 3. The topological polar surface area (TPSA) is 52.0 Å². The first-order chi connectivity index (χ1) is 13.6. The lowest BCUT2D eigenvalue weighted by atomic mass is 9.96. The molecular weight excluding hydrogens is 348 g/mol. The molecular formula is C23H28N4O. The third kappa shape index (κ3) is 2.98. The van der Waals surface area contributed by atoms with Gasteiger partial charge in [-0.3, -0.25) is 0 Å². The van der Waals surface area contributed by atoms with Crippen LogP contribution in [-0.4, -0.2) is 26.7 Å². The van der Waals surface area contributed by atoms with Crippen LogP contribution in [0.3, 0.4) is 0 Å². The average Bonchev–Trinajstić information content (AvgIpc) is 3.25. The number of hydrogen-bond acceptors (Lipinski definition) is 4. The summed E-state index contributed by atoms with van der Waals surface area (Å²) in [6.07, 6.45) is 7.25. The van der Waals surface area contributed by atoms with Gasteiger partial charge in [0.25, 0.3) is 0 Å². The minimum atomic E-state index is 0.242. The van der Waals surface area contributed by atoms with Crippen molar-refractivity contribution in [1.29, 1.82) is 0 Å². The van der Waals surface area contributed by atoms with Crippen LogP contribution in [0.1, 0.15) is 49.6 Å². The fraction of sp³-hybridized carbons (Fsp3) is 0.478. The van der Waals surface area contributed by atoms with E-state index in [4.69, 9.17) is 4.74 Å². The number of benzene rings is 1. The van der Waals surface area contributed by atoms with Gasteiger partial charge in [-0.1, -0.05) is 19.1 Å². The molecule has 0 amide bonds. The molecule has 3 aromatic rings. The van der Waals surface area contributed by atoms with E-state index >= 15 is 0 Å². The molecule has 5 nitrogen and oxygen atoms in total. The van der Waals surface area contributed by atoms with Crippen molar-refractivity contribution in [2.75, 3.05) is 0 Å². The van der Waals surface area contributed by atoms with Crippen molar-refractivity contribution in [2.24, 2.45) is 5.92 Å². The number of nitrogens with one attached hydrogen (secondary N) is 1. The molecule has 0 radical (unpaired) electrons. The largest absolute Gasteiger partial charge is 0.490 e. The molecule has 146 valence electrons. The Balaban J connectivity index is 1.38. The zero-order valence-corrected chi connectivity index (χ0v) is 16.9. The molecule has 0 saturated heterocycles. The van der Waals surface area contributed by atoms with Crippen molar-refractivity contribution >= 4 is 11.0 Å². The third-order valence-electron chi connectivity index (χ3n) is 6.54. The summed E-state index contributed by atoms with van der Waals surface area (Å²) in [6, 6.07) is 9.61. The lowest BCUT2D eigenvalue weighted by molar-refractivity contribution is 0.199. The summed E-state index contributed by atoms with van der Waals surface area (Å²) in [5.41, 5.74) is 4.85. The second kappa shape index (κ2) is 6.89. The van der Waals surface area contributed by atoms with Crippen LogP contribution in [0.25, 0.3) is 11.0 Å². The molecule has 1 aliphatic heterocycles. The predicted molar refractivity (Wildman–Crippen MR) is 111 cm³/mol. The molecule has 1 aliphatic carbocycles. The van der Waals surface area contributed by atoms with E-state index < -0.39 is 0 Å². The summed E-state index contributed by atoms with van der Waals surface area (Å²) >= 11 is 0. The molecule has 2 unspecified atom stereocenters. The van der Waals surface area contributed by atoms with Gasteiger partial charge < -0.3 is 14.6 Å². The van der Waals surface area contributed by atoms with Gasteiger partial charge in [0.05, 0.1) is 5.69 Å². The summed E-state index contributed by atoms with van der Waals surface area (Å²) in [7, 11) is 0. The smallest absolute Gasteiger partial charge is 0.143 e. The van der Waals surface area contributed by atoms with Gasteiger partial charge >= 0.3 is 0 Å². The molecule has 3 heterocycles. The fourth-order valence-corrected chi connectivity index (χ4v) is 4.99. The third-order valence-corrected chi connectivity index (χ3v) is 6.54. The molecule has 0 bridgehead atoms. The number of nitrogens with zero attached hydrogens (tertiary/aromatic N) is 3. The standard InChI is InChI=1S/C23H28N4O/c1-14-9-18(28-22-6-4-5-17-10-15(2)24-12-20(17)22)11-21(14)27-8-7-19-16(3)25-13-26-23(19)27/h4-8,13-15,18,21,24H,9-12H2,1-3H3/t14-,15+,18?,21?/m1/s1. The first-order valence-corrected chi connectivity index (χ1v) is 10.4. The van der Waals surface area contributed by atoms with E-state index in [1.807, 2.05) is 6.92 Å². The van der Waals surface area contributed by atoms with Gasteiger partial charge in [0, 0.05) is 42.2 Å². The summed E-state index contributed by atoms with van der Waals surface area (Å²) in [5.74, 6) is 1.61. The van der Waals surface area contributed by atoms with E-state index in [0.29, 0.717) is 18.0 Å². The van der Waals surface area contributed by atoms with Crippen LogP contribution in [0.15, 0.2) is 36.8 Å². The van der Waals surface area contributed by atoms with Crippen LogP contribution in [0.2, 0.25) is 0 Å². The van der Waals surface area contributed by atoms with E-state index in [-0.39, 0.29) is 6.10 Å². The summed E-state index contributed by atoms with van der Waals surface area (Å²) < 4.78 is 8.89. The maximum absolute atomic E-state index is 6.56. The minimum Gasteiger partial charge on any atom is -0.490 e. The number of aryl methyl sites for hydroxylation is 1. The molecule has 1 N–H and O–H groups in total. The van der Waals surface area contributed by atoms with Gasteiger partial charge in [-0.15, -0.1) is 0 Å². The molecule has 5 heteroatoms. The normalized spacial score (nSPS) is 27.1. The van der Waals surface area contributed by atoms with Crippen LogP contribution >= 0.6 is 0 Å². The van der Waals surface area contributed by atoms with E-state index in [2.05, 4.69) is 64.2 Å². The van der Waals surface area contributed by atoms with Crippen LogP contribution in [0.5, 0.6) is 5.75 Å². The number of hydrogen-bond donors (Lipinski definition) is 1. The van der Waals surface area contributed by atoms with E-state index in [9.17, 15) is 0 Å². The maximum Gasteiger partial charge on any atom is 0.143 e. The monoisotopic (exact) mass is 376 g/mol. The molecule has 1 aromatic carbocycles. The molecule has 1 fully saturated rings. The van der Waals surface area contributed by atoms with Crippen LogP contribution in [0.4, 0.5) is 0 Å². The van der Waals surface area contributed by atoms with Crippen molar-refractivity contribution in [3.63, 3.8) is 0 Å². The Bertz CT molecular complexity index is 1010. The Morgan fingerprint density at radius 3 is 2.93 bits per heavy atom. The highest BCUT2D eigenvalue weighted by molar-refractivity contribution is 5.78. The van der Waals surface area contributed by atoms with Crippen LogP contribution in [0, 0.1) is 12.8 Å². The molecule has 28 heavy (non-hydrogen) atoms. The average molecular weight is 377 g/mol. The van der Waals surface area contributed by atoms with Gasteiger partial charge in [0.2, 0.25) is 0 Å². The van der Waals surface area contributed by atoms with Crippen molar-refractivity contribution in [2.45, 2.75) is 64.8 Å². The highest BCUT2D eigenvalue weighted by Crippen LogP contribution is 2.40. The molecule has 0 spiro atoms. The fourth-order valence-electron chi connectivity index (χ4n) is 4.99. The number of ether oxygens (including phenoxy) is 1. The first kappa shape index (κ1) is 17.7. The van der Waals surface area contributed by atoms with Crippen molar-refractivity contribution < 1.29 is 4.74 Å². The van der Waals surface area contributed by atoms with Gasteiger partial charge in [-0.2, -0.15) is 0 Å².